The Hall–Kier alpha value is -2.17. The summed E-state index contributed by atoms with van der Waals surface area (Å²) >= 11 is 0. The molecule has 1 aromatic rings. The van der Waals surface area contributed by atoms with Crippen LogP contribution in [-0.2, 0) is 11.2 Å². The van der Waals surface area contributed by atoms with Crippen molar-refractivity contribution in [2.45, 2.75) is 74.8 Å². The van der Waals surface area contributed by atoms with Gasteiger partial charge in [-0.15, -0.1) is 0 Å². The van der Waals surface area contributed by atoms with Crippen LogP contribution in [0.3, 0.4) is 0 Å². The molecule has 1 amide bonds. The lowest BCUT2D eigenvalue weighted by atomic mass is 10.1. The molecule has 0 heterocycles. The maximum Gasteiger partial charge on any atom is 0.211 e. The molecule has 0 fully saturated rings. The number of nitrogens with two attached hydrogens (primary N) is 1. The van der Waals surface area contributed by atoms with E-state index in [2.05, 4.69) is 41.8 Å². The summed E-state index contributed by atoms with van der Waals surface area (Å²) in [5, 5.41) is 5.80. The summed E-state index contributed by atoms with van der Waals surface area (Å²) in [6.07, 6.45) is 10.9. The van der Waals surface area contributed by atoms with Gasteiger partial charge in [0.15, 0.2) is 0 Å². The van der Waals surface area contributed by atoms with Crippen LogP contribution in [0.1, 0.15) is 67.9 Å². The average molecular weight is 420 g/mol. The second kappa shape index (κ2) is 34.3. The fraction of sp³-hybridized carbons (Fsp3) is 0.500. The number of benzene rings is 1. The molecule has 1 atom stereocenters. The number of allylic oxidation sites excluding steroid dienone is 5. The van der Waals surface area contributed by atoms with E-state index < -0.39 is 0 Å². The van der Waals surface area contributed by atoms with Crippen molar-refractivity contribution in [3.05, 3.63) is 72.0 Å². The van der Waals surface area contributed by atoms with E-state index in [-0.39, 0.29) is 6.04 Å². The Balaban J connectivity index is -0.000000182. The maximum absolute atomic E-state index is 10.0. The van der Waals surface area contributed by atoms with Crippen molar-refractivity contribution >= 4 is 6.41 Å². The van der Waals surface area contributed by atoms with Crippen LogP contribution in [0.2, 0.25) is 0 Å². The Kier molecular flexibility index (Phi) is 40.4. The minimum absolute atomic E-state index is 0.224. The van der Waals surface area contributed by atoms with Crippen LogP contribution >= 0.6 is 0 Å². The summed E-state index contributed by atoms with van der Waals surface area (Å²) in [5.74, 6) is 0. The van der Waals surface area contributed by atoms with Gasteiger partial charge in [0.05, 0.1) is 0 Å². The molecular formula is C26H49N3O. The van der Waals surface area contributed by atoms with Crippen molar-refractivity contribution in [2.75, 3.05) is 13.1 Å². The SMILES string of the molecule is CC.CC.CC.CCNCC(N)Cc1ccccc1.C\C=C/C=C(\C=C/C)NC=O. The zero-order chi connectivity index (χ0) is 24.0. The molecule has 1 aromatic carbocycles. The molecule has 1 rings (SSSR count). The molecule has 30 heavy (non-hydrogen) atoms. The maximum atomic E-state index is 10.0. The third kappa shape index (κ3) is 28.0. The second-order valence-electron chi connectivity index (χ2n) is 5.17. The molecule has 0 spiro atoms. The highest BCUT2D eigenvalue weighted by molar-refractivity contribution is 5.52. The zero-order valence-corrected chi connectivity index (χ0v) is 21.0. The monoisotopic (exact) mass is 419 g/mol. The summed E-state index contributed by atoms with van der Waals surface area (Å²) in [6.45, 7) is 19.8. The van der Waals surface area contributed by atoms with Gasteiger partial charge in [-0.2, -0.15) is 0 Å². The largest absolute Gasteiger partial charge is 0.329 e. The predicted octanol–water partition coefficient (Wildman–Crippen LogP) is 6.01. The summed E-state index contributed by atoms with van der Waals surface area (Å²) in [6, 6.07) is 10.6. The minimum Gasteiger partial charge on any atom is -0.329 e. The molecule has 4 nitrogen and oxygen atoms in total. The molecule has 1 unspecified atom stereocenters. The lowest BCUT2D eigenvalue weighted by Gasteiger charge is -2.11. The molecule has 0 saturated carbocycles. The summed E-state index contributed by atoms with van der Waals surface area (Å²) in [4.78, 5) is 10.0. The number of amides is 1. The van der Waals surface area contributed by atoms with Crippen molar-refractivity contribution in [3.63, 3.8) is 0 Å². The standard InChI is InChI=1S/C11H18N2.C9H13NO.3C2H6/c1-2-13-9-11(12)8-10-6-4-3-5-7-10;1-3-5-7-9(6-4-2)10-8-11;3*1-2/h3-7,11,13H,2,8-9,12H2,1H3;3-8H,1-2H3,(H,10,11);3*1-2H3/b;5-3-,6-4-,9-7+;;;. The Morgan fingerprint density at radius 2 is 1.57 bits per heavy atom. The van der Waals surface area contributed by atoms with Crippen molar-refractivity contribution in [1.29, 1.82) is 0 Å². The fourth-order valence-electron chi connectivity index (χ4n) is 1.92. The molecule has 4 heteroatoms. The number of hydrogen-bond acceptors (Lipinski definition) is 3. The molecule has 0 radical (unpaired) electrons. The van der Waals surface area contributed by atoms with Crippen LogP contribution in [0.25, 0.3) is 0 Å². The predicted molar refractivity (Wildman–Crippen MR) is 138 cm³/mol. The van der Waals surface area contributed by atoms with E-state index in [4.69, 9.17) is 5.73 Å². The Bertz CT molecular complexity index is 508. The van der Waals surface area contributed by atoms with Gasteiger partial charge >= 0.3 is 0 Å². The van der Waals surface area contributed by atoms with Gasteiger partial charge in [0, 0.05) is 18.3 Å². The third-order valence-corrected chi connectivity index (χ3v) is 3.04. The first-order chi connectivity index (χ1) is 14.7. The van der Waals surface area contributed by atoms with E-state index in [0.29, 0.717) is 6.41 Å². The number of rotatable bonds is 9. The molecule has 0 aromatic heterocycles. The van der Waals surface area contributed by atoms with Crippen molar-refractivity contribution in [3.8, 4) is 0 Å². The van der Waals surface area contributed by atoms with Gasteiger partial charge in [0.2, 0.25) is 6.41 Å². The summed E-state index contributed by atoms with van der Waals surface area (Å²) in [5.41, 5.74) is 8.03. The first-order valence-corrected chi connectivity index (χ1v) is 11.3. The van der Waals surface area contributed by atoms with Gasteiger partial charge < -0.3 is 16.4 Å². The normalized spacial score (nSPS) is 10.8. The fourth-order valence-corrected chi connectivity index (χ4v) is 1.92. The van der Waals surface area contributed by atoms with E-state index in [9.17, 15) is 4.79 Å². The molecule has 0 aliphatic heterocycles. The molecule has 0 bridgehead atoms. The number of nitrogens with one attached hydrogen (secondary N) is 2. The van der Waals surface area contributed by atoms with Gasteiger partial charge in [0.1, 0.15) is 0 Å². The van der Waals surface area contributed by atoms with Crippen LogP contribution in [0.5, 0.6) is 0 Å². The number of carbonyl (C=O) groups excluding carboxylic acids is 1. The van der Waals surface area contributed by atoms with E-state index in [1.807, 2.05) is 91.8 Å². The van der Waals surface area contributed by atoms with Crippen LogP contribution in [0, 0.1) is 0 Å². The average Bonchev–Trinajstić information content (AvgIpc) is 2.81. The van der Waals surface area contributed by atoms with Gasteiger partial charge in [-0.3, -0.25) is 4.79 Å². The van der Waals surface area contributed by atoms with Gasteiger partial charge in [0.25, 0.3) is 0 Å². The first kappa shape index (κ1) is 35.3. The zero-order valence-electron chi connectivity index (χ0n) is 21.0. The molecule has 0 aliphatic carbocycles. The van der Waals surface area contributed by atoms with Gasteiger partial charge in [-0.1, -0.05) is 97.0 Å². The highest BCUT2D eigenvalue weighted by Gasteiger charge is 2.01. The van der Waals surface area contributed by atoms with Crippen molar-refractivity contribution in [2.24, 2.45) is 5.73 Å². The van der Waals surface area contributed by atoms with Gasteiger partial charge in [-0.25, -0.2) is 0 Å². The van der Waals surface area contributed by atoms with Crippen molar-refractivity contribution in [1.82, 2.24) is 10.6 Å². The Morgan fingerprint density at radius 3 is 2.00 bits per heavy atom. The molecular weight excluding hydrogens is 370 g/mol. The second-order valence-corrected chi connectivity index (χ2v) is 5.17. The van der Waals surface area contributed by atoms with Crippen LogP contribution < -0.4 is 16.4 Å². The summed E-state index contributed by atoms with van der Waals surface area (Å²) in [7, 11) is 0. The smallest absolute Gasteiger partial charge is 0.211 e. The van der Waals surface area contributed by atoms with Crippen molar-refractivity contribution < 1.29 is 4.79 Å². The highest BCUT2D eigenvalue weighted by atomic mass is 16.1. The van der Waals surface area contributed by atoms with Crippen LogP contribution in [-0.4, -0.2) is 25.5 Å². The molecule has 4 N–H and O–H groups in total. The summed E-state index contributed by atoms with van der Waals surface area (Å²) < 4.78 is 0. The van der Waals surface area contributed by atoms with E-state index in [1.165, 1.54) is 5.56 Å². The van der Waals surface area contributed by atoms with E-state index >= 15 is 0 Å². The number of hydrogen-bond donors (Lipinski definition) is 3. The highest BCUT2D eigenvalue weighted by Crippen LogP contribution is 2.00. The molecule has 0 saturated heterocycles. The van der Waals surface area contributed by atoms with E-state index in [1.54, 1.807) is 0 Å². The topological polar surface area (TPSA) is 67.2 Å². The van der Waals surface area contributed by atoms with Gasteiger partial charge in [-0.05, 0) is 44.5 Å². The number of carbonyl (C=O) groups is 1. The quantitative estimate of drug-likeness (QED) is 0.339. The first-order valence-electron chi connectivity index (χ1n) is 11.3. The Morgan fingerprint density at radius 1 is 1.00 bits per heavy atom. The lowest BCUT2D eigenvalue weighted by molar-refractivity contribution is -0.108. The third-order valence-electron chi connectivity index (χ3n) is 3.04. The molecule has 174 valence electrons. The minimum atomic E-state index is 0.224. The van der Waals surface area contributed by atoms with Crippen LogP contribution in [0.15, 0.2) is 66.4 Å². The number of likely N-dealkylation sites (N-methyl/N-ethyl adjacent to an activating group) is 1. The Labute approximate surface area is 187 Å². The van der Waals surface area contributed by atoms with Crippen LogP contribution in [0.4, 0.5) is 0 Å². The lowest BCUT2D eigenvalue weighted by Crippen LogP contribution is -2.35. The van der Waals surface area contributed by atoms with E-state index in [0.717, 1.165) is 25.2 Å². The molecule has 0 aliphatic rings.